The summed E-state index contributed by atoms with van der Waals surface area (Å²) in [6.07, 6.45) is 2.73. The van der Waals surface area contributed by atoms with Gasteiger partial charge in [0.2, 0.25) is 5.91 Å². The molecular weight excluding hydrogens is 416 g/mol. The van der Waals surface area contributed by atoms with Gasteiger partial charge in [-0.1, -0.05) is 55.0 Å². The molecule has 1 aliphatic rings. The Balaban J connectivity index is 0.00000341. The van der Waals surface area contributed by atoms with E-state index in [4.69, 9.17) is 9.94 Å². The lowest BCUT2D eigenvalue weighted by Crippen LogP contribution is -2.37. The molecule has 0 bridgehead atoms. The van der Waals surface area contributed by atoms with Crippen molar-refractivity contribution in [1.29, 1.82) is 0 Å². The summed E-state index contributed by atoms with van der Waals surface area (Å²) in [4.78, 5) is 13.4. The van der Waals surface area contributed by atoms with Gasteiger partial charge in [-0.2, -0.15) is 0 Å². The standard InChI is InChI=1S/C24H32N2O4.ClH/c27-23(3-1-2-4-24(28)25-29)22-11-9-21(10-12-22)20-7-5-19(6-8-20)13-14-26-15-17-30-18-16-26;/h5-12,23,27,29H,1-4,13-18H2,(H,25,28);1H/t23-;/m1./s1. The summed E-state index contributed by atoms with van der Waals surface area (Å²) < 4.78 is 5.40. The van der Waals surface area contributed by atoms with Crippen LogP contribution in [0.1, 0.15) is 42.9 Å². The molecule has 170 valence electrons. The average molecular weight is 449 g/mol. The summed E-state index contributed by atoms with van der Waals surface area (Å²) in [5, 5.41) is 18.8. The minimum absolute atomic E-state index is 0. The molecule has 0 spiro atoms. The van der Waals surface area contributed by atoms with Gasteiger partial charge in [0.25, 0.3) is 0 Å². The van der Waals surface area contributed by atoms with Crippen molar-refractivity contribution in [3.63, 3.8) is 0 Å². The average Bonchev–Trinajstić information content (AvgIpc) is 2.81. The third-order valence-electron chi connectivity index (χ3n) is 5.66. The molecule has 1 amide bonds. The minimum Gasteiger partial charge on any atom is -0.388 e. The second kappa shape index (κ2) is 13.5. The van der Waals surface area contributed by atoms with Gasteiger partial charge >= 0.3 is 0 Å². The van der Waals surface area contributed by atoms with E-state index in [2.05, 4.69) is 29.2 Å². The molecule has 3 rings (SSSR count). The fraction of sp³-hybridized carbons (Fsp3) is 0.458. The highest BCUT2D eigenvalue weighted by Crippen LogP contribution is 2.25. The normalized spacial score (nSPS) is 15.2. The first kappa shape index (κ1) is 25.3. The SMILES string of the molecule is Cl.O=C(CCCC[C@@H](O)c1ccc(-c2ccc(CCN3CCOCC3)cc2)cc1)NO. The smallest absolute Gasteiger partial charge is 0.243 e. The Morgan fingerprint density at radius 2 is 1.61 bits per heavy atom. The van der Waals surface area contributed by atoms with Crippen LogP contribution in [0.2, 0.25) is 0 Å². The Bertz CT molecular complexity index is 777. The van der Waals surface area contributed by atoms with Crippen molar-refractivity contribution in [2.24, 2.45) is 0 Å². The molecule has 1 atom stereocenters. The number of aliphatic hydroxyl groups is 1. The number of carbonyl (C=O) groups is 1. The van der Waals surface area contributed by atoms with E-state index in [-0.39, 0.29) is 24.7 Å². The maximum atomic E-state index is 11.0. The molecule has 7 heteroatoms. The Morgan fingerprint density at radius 1 is 1.00 bits per heavy atom. The summed E-state index contributed by atoms with van der Waals surface area (Å²) in [5.74, 6) is -0.388. The number of ether oxygens (including phenoxy) is 1. The Morgan fingerprint density at radius 3 is 2.23 bits per heavy atom. The number of rotatable bonds is 10. The highest BCUT2D eigenvalue weighted by atomic mass is 35.5. The number of hydrogen-bond donors (Lipinski definition) is 3. The summed E-state index contributed by atoms with van der Waals surface area (Å²) in [5.41, 5.74) is 6.14. The zero-order chi connectivity index (χ0) is 21.2. The maximum Gasteiger partial charge on any atom is 0.243 e. The van der Waals surface area contributed by atoms with Gasteiger partial charge < -0.3 is 9.84 Å². The zero-order valence-corrected chi connectivity index (χ0v) is 18.7. The van der Waals surface area contributed by atoms with Crippen molar-refractivity contribution in [3.05, 3.63) is 59.7 Å². The largest absolute Gasteiger partial charge is 0.388 e. The predicted molar refractivity (Wildman–Crippen MR) is 123 cm³/mol. The first-order valence-electron chi connectivity index (χ1n) is 10.8. The number of carbonyl (C=O) groups excluding carboxylic acids is 1. The quantitative estimate of drug-likeness (QED) is 0.293. The van der Waals surface area contributed by atoms with Crippen molar-refractivity contribution < 1.29 is 19.8 Å². The topological polar surface area (TPSA) is 82.0 Å². The van der Waals surface area contributed by atoms with E-state index < -0.39 is 6.10 Å². The first-order chi connectivity index (χ1) is 14.7. The Labute approximate surface area is 190 Å². The van der Waals surface area contributed by atoms with Gasteiger partial charge in [0, 0.05) is 26.1 Å². The molecule has 2 aromatic carbocycles. The molecule has 2 aromatic rings. The number of hydrogen-bond acceptors (Lipinski definition) is 5. The predicted octanol–water partition coefficient (Wildman–Crippen LogP) is 3.75. The van der Waals surface area contributed by atoms with Crippen molar-refractivity contribution in [2.75, 3.05) is 32.8 Å². The van der Waals surface area contributed by atoms with Gasteiger partial charge in [-0.05, 0) is 41.5 Å². The van der Waals surface area contributed by atoms with Gasteiger partial charge in [-0.15, -0.1) is 12.4 Å². The van der Waals surface area contributed by atoms with Gasteiger partial charge in [0.1, 0.15) is 0 Å². The van der Waals surface area contributed by atoms with E-state index in [1.165, 1.54) is 11.1 Å². The summed E-state index contributed by atoms with van der Waals surface area (Å²) in [7, 11) is 0. The number of halogens is 1. The second-order valence-corrected chi connectivity index (χ2v) is 7.82. The maximum absolute atomic E-state index is 11.0. The van der Waals surface area contributed by atoms with Crippen LogP contribution >= 0.6 is 12.4 Å². The molecule has 1 fully saturated rings. The number of benzene rings is 2. The zero-order valence-electron chi connectivity index (χ0n) is 17.8. The highest BCUT2D eigenvalue weighted by Gasteiger charge is 2.11. The monoisotopic (exact) mass is 448 g/mol. The summed E-state index contributed by atoms with van der Waals surface area (Å²) in [6.45, 7) is 4.79. The fourth-order valence-corrected chi connectivity index (χ4v) is 3.72. The Kier molecular flexibility index (Phi) is 11.0. The van der Waals surface area contributed by atoms with Crippen LogP contribution < -0.4 is 5.48 Å². The third kappa shape index (κ3) is 8.24. The van der Waals surface area contributed by atoms with Gasteiger partial charge in [-0.3, -0.25) is 14.9 Å². The lowest BCUT2D eigenvalue weighted by molar-refractivity contribution is -0.129. The third-order valence-corrected chi connectivity index (χ3v) is 5.66. The van der Waals surface area contributed by atoms with Crippen LogP contribution in [0, 0.1) is 0 Å². The van der Waals surface area contributed by atoms with Crippen molar-refractivity contribution in [2.45, 2.75) is 38.2 Å². The minimum atomic E-state index is -0.543. The number of hydroxylamine groups is 1. The van der Waals surface area contributed by atoms with Crippen molar-refractivity contribution in [3.8, 4) is 11.1 Å². The van der Waals surface area contributed by atoms with Crippen LogP contribution in [0.4, 0.5) is 0 Å². The molecule has 1 heterocycles. The van der Waals surface area contributed by atoms with E-state index >= 15 is 0 Å². The van der Waals surface area contributed by atoms with Crippen molar-refractivity contribution >= 4 is 18.3 Å². The second-order valence-electron chi connectivity index (χ2n) is 7.82. The fourth-order valence-electron chi connectivity index (χ4n) is 3.72. The number of amides is 1. The summed E-state index contributed by atoms with van der Waals surface area (Å²) >= 11 is 0. The van der Waals surface area contributed by atoms with Crippen LogP contribution in [-0.4, -0.2) is 54.0 Å². The van der Waals surface area contributed by atoms with E-state index in [9.17, 15) is 9.90 Å². The van der Waals surface area contributed by atoms with E-state index in [0.717, 1.165) is 56.8 Å². The molecule has 1 aliphatic heterocycles. The van der Waals surface area contributed by atoms with Crippen LogP contribution in [0.5, 0.6) is 0 Å². The molecule has 0 aliphatic carbocycles. The molecule has 0 aromatic heterocycles. The molecule has 6 nitrogen and oxygen atoms in total. The van der Waals surface area contributed by atoms with Crippen LogP contribution in [0.3, 0.4) is 0 Å². The molecule has 31 heavy (non-hydrogen) atoms. The molecular formula is C24H33ClN2O4. The van der Waals surface area contributed by atoms with Gasteiger partial charge in [-0.25, -0.2) is 5.48 Å². The van der Waals surface area contributed by atoms with E-state index in [1.54, 1.807) is 5.48 Å². The molecule has 3 N–H and O–H groups in total. The van der Waals surface area contributed by atoms with Crippen LogP contribution in [-0.2, 0) is 16.0 Å². The Hall–Kier alpha value is -1.96. The number of nitrogens with one attached hydrogen (secondary N) is 1. The molecule has 0 saturated carbocycles. The van der Waals surface area contributed by atoms with E-state index in [0.29, 0.717) is 12.8 Å². The van der Waals surface area contributed by atoms with Crippen LogP contribution in [0.25, 0.3) is 11.1 Å². The number of morpholine rings is 1. The van der Waals surface area contributed by atoms with Gasteiger partial charge in [0.05, 0.1) is 19.3 Å². The molecule has 1 saturated heterocycles. The van der Waals surface area contributed by atoms with Crippen LogP contribution in [0.15, 0.2) is 48.5 Å². The molecule has 0 radical (unpaired) electrons. The number of nitrogens with zero attached hydrogens (tertiary/aromatic N) is 1. The lowest BCUT2D eigenvalue weighted by Gasteiger charge is -2.26. The highest BCUT2D eigenvalue weighted by molar-refractivity contribution is 5.85. The van der Waals surface area contributed by atoms with Crippen molar-refractivity contribution in [1.82, 2.24) is 10.4 Å². The first-order valence-corrected chi connectivity index (χ1v) is 10.8. The number of unbranched alkanes of at least 4 members (excludes halogenated alkanes) is 1. The summed E-state index contributed by atoms with van der Waals surface area (Å²) in [6, 6.07) is 16.7. The van der Waals surface area contributed by atoms with Gasteiger partial charge in [0.15, 0.2) is 0 Å². The lowest BCUT2D eigenvalue weighted by atomic mass is 9.98. The number of aliphatic hydroxyl groups excluding tert-OH is 1. The molecule has 0 unspecified atom stereocenters. The van der Waals surface area contributed by atoms with E-state index in [1.807, 2.05) is 24.3 Å².